The van der Waals surface area contributed by atoms with Crippen LogP contribution in [0, 0.1) is 0 Å². The topological polar surface area (TPSA) is 70.2 Å². The molecule has 2 heterocycles. The highest BCUT2D eigenvalue weighted by Gasteiger charge is 2.27. The largest absolute Gasteiger partial charge is 0.405 e. The average molecular weight is 303 g/mol. The van der Waals surface area contributed by atoms with Crippen LogP contribution in [-0.4, -0.2) is 48.2 Å². The van der Waals surface area contributed by atoms with E-state index >= 15 is 0 Å². The van der Waals surface area contributed by atoms with E-state index in [1.807, 2.05) is 0 Å². The Hall–Kier alpha value is -2.06. The first-order valence-electron chi connectivity index (χ1n) is 6.58. The van der Waals surface area contributed by atoms with Gasteiger partial charge in [0.25, 0.3) is 0 Å². The molecular formula is C12H16F3N5O. The van der Waals surface area contributed by atoms with Crippen molar-refractivity contribution in [3.8, 4) is 0 Å². The molecule has 116 valence electrons. The summed E-state index contributed by atoms with van der Waals surface area (Å²) in [5, 5.41) is 4.47. The normalized spacial score (nSPS) is 15.1. The number of anilines is 2. The van der Waals surface area contributed by atoms with E-state index in [9.17, 15) is 18.0 Å². The Morgan fingerprint density at radius 2 is 2.00 bits per heavy atom. The van der Waals surface area contributed by atoms with Gasteiger partial charge in [-0.2, -0.15) is 13.2 Å². The van der Waals surface area contributed by atoms with Crippen LogP contribution in [0.5, 0.6) is 0 Å². The molecule has 0 aromatic carbocycles. The molecule has 0 aliphatic carbocycles. The summed E-state index contributed by atoms with van der Waals surface area (Å²) in [5.74, 6) is 0.420. The van der Waals surface area contributed by atoms with E-state index in [0.717, 1.165) is 31.7 Å². The summed E-state index contributed by atoms with van der Waals surface area (Å²) in [4.78, 5) is 21.5. The SMILES string of the molecule is O=C(CNc1cc(N2CCCC2)ncn1)NCC(F)(F)F. The zero-order valence-corrected chi connectivity index (χ0v) is 11.3. The molecule has 0 unspecified atom stereocenters. The maximum Gasteiger partial charge on any atom is 0.405 e. The molecule has 0 spiro atoms. The van der Waals surface area contributed by atoms with E-state index in [4.69, 9.17) is 0 Å². The number of hydrogen-bond acceptors (Lipinski definition) is 5. The summed E-state index contributed by atoms with van der Waals surface area (Å²) in [6.07, 6.45) is -0.837. The molecule has 9 heteroatoms. The molecule has 0 atom stereocenters. The van der Waals surface area contributed by atoms with Crippen molar-refractivity contribution in [3.63, 3.8) is 0 Å². The first-order valence-corrected chi connectivity index (χ1v) is 6.58. The number of nitrogens with one attached hydrogen (secondary N) is 2. The summed E-state index contributed by atoms with van der Waals surface area (Å²) in [7, 11) is 0. The van der Waals surface area contributed by atoms with Gasteiger partial charge in [-0.1, -0.05) is 0 Å². The molecule has 2 rings (SSSR count). The molecular weight excluding hydrogens is 287 g/mol. The highest BCUT2D eigenvalue weighted by Crippen LogP contribution is 2.19. The van der Waals surface area contributed by atoms with Gasteiger partial charge in [0.15, 0.2) is 0 Å². The molecule has 1 saturated heterocycles. The van der Waals surface area contributed by atoms with Gasteiger partial charge in [0.2, 0.25) is 5.91 Å². The van der Waals surface area contributed by atoms with E-state index in [-0.39, 0.29) is 6.54 Å². The summed E-state index contributed by atoms with van der Waals surface area (Å²) in [6, 6.07) is 1.68. The molecule has 21 heavy (non-hydrogen) atoms. The first kappa shape index (κ1) is 15.3. The van der Waals surface area contributed by atoms with E-state index < -0.39 is 18.6 Å². The highest BCUT2D eigenvalue weighted by molar-refractivity contribution is 5.80. The van der Waals surface area contributed by atoms with Crippen molar-refractivity contribution in [3.05, 3.63) is 12.4 Å². The number of amides is 1. The van der Waals surface area contributed by atoms with Gasteiger partial charge >= 0.3 is 6.18 Å². The predicted molar refractivity (Wildman–Crippen MR) is 71.0 cm³/mol. The molecule has 1 fully saturated rings. The summed E-state index contributed by atoms with van der Waals surface area (Å²) >= 11 is 0. The van der Waals surface area contributed by atoms with Crippen molar-refractivity contribution in [2.75, 3.05) is 36.4 Å². The third kappa shape index (κ3) is 5.09. The molecule has 0 bridgehead atoms. The van der Waals surface area contributed by atoms with E-state index in [2.05, 4.69) is 20.2 Å². The average Bonchev–Trinajstić information content (AvgIpc) is 2.96. The monoisotopic (exact) mass is 303 g/mol. The van der Waals surface area contributed by atoms with Crippen LogP contribution in [-0.2, 0) is 4.79 Å². The van der Waals surface area contributed by atoms with Gasteiger partial charge in [0.05, 0.1) is 6.54 Å². The number of aromatic nitrogens is 2. The zero-order chi connectivity index (χ0) is 15.3. The molecule has 2 N–H and O–H groups in total. The number of halogens is 3. The van der Waals surface area contributed by atoms with Crippen LogP contribution in [0.15, 0.2) is 12.4 Å². The van der Waals surface area contributed by atoms with E-state index in [0.29, 0.717) is 5.82 Å². The number of nitrogens with zero attached hydrogens (tertiary/aromatic N) is 3. The molecule has 6 nitrogen and oxygen atoms in total. The molecule has 0 radical (unpaired) electrons. The lowest BCUT2D eigenvalue weighted by atomic mass is 10.4. The van der Waals surface area contributed by atoms with Crippen LogP contribution >= 0.6 is 0 Å². The van der Waals surface area contributed by atoms with Gasteiger partial charge < -0.3 is 15.5 Å². The second-order valence-electron chi connectivity index (χ2n) is 4.70. The standard InChI is InChI=1S/C12H16F3N5O/c13-12(14,15)7-17-11(21)6-16-9-5-10(19-8-18-9)20-3-1-2-4-20/h5,8H,1-4,6-7H2,(H,17,21)(H,16,18,19). The van der Waals surface area contributed by atoms with Gasteiger partial charge in [-0.25, -0.2) is 9.97 Å². The molecule has 1 aromatic rings. The van der Waals surface area contributed by atoms with Crippen LogP contribution in [0.25, 0.3) is 0 Å². The van der Waals surface area contributed by atoms with E-state index in [1.54, 1.807) is 11.4 Å². The number of hydrogen-bond donors (Lipinski definition) is 2. The Bertz CT molecular complexity index is 488. The third-order valence-corrected chi connectivity index (χ3v) is 3.00. The van der Waals surface area contributed by atoms with Gasteiger partial charge in [0, 0.05) is 19.2 Å². The van der Waals surface area contributed by atoms with Gasteiger partial charge in [-0.3, -0.25) is 4.79 Å². The number of carbonyl (C=O) groups is 1. The summed E-state index contributed by atoms with van der Waals surface area (Å²) in [6.45, 7) is 0.230. The fourth-order valence-electron chi connectivity index (χ4n) is 2.00. The molecule has 1 amide bonds. The Kier molecular flexibility index (Phi) is 4.81. The van der Waals surface area contributed by atoms with Crippen molar-refractivity contribution in [2.24, 2.45) is 0 Å². The lowest BCUT2D eigenvalue weighted by Gasteiger charge is -2.16. The maximum absolute atomic E-state index is 11.9. The smallest absolute Gasteiger partial charge is 0.361 e. The number of alkyl halides is 3. The van der Waals surface area contributed by atoms with E-state index in [1.165, 1.54) is 6.33 Å². The van der Waals surface area contributed by atoms with Gasteiger partial charge in [-0.15, -0.1) is 0 Å². The summed E-state index contributed by atoms with van der Waals surface area (Å²) in [5.41, 5.74) is 0. The Balaban J connectivity index is 1.82. The number of rotatable bonds is 5. The second kappa shape index (κ2) is 6.59. The van der Waals surface area contributed by atoms with Crippen LogP contribution in [0.3, 0.4) is 0 Å². The van der Waals surface area contributed by atoms with Crippen molar-refractivity contribution in [2.45, 2.75) is 19.0 Å². The van der Waals surface area contributed by atoms with Crippen molar-refractivity contribution in [1.82, 2.24) is 15.3 Å². The predicted octanol–water partition coefficient (Wildman–Crippen LogP) is 1.17. The summed E-state index contributed by atoms with van der Waals surface area (Å²) < 4.78 is 35.8. The molecule has 1 aromatic heterocycles. The van der Waals surface area contributed by atoms with Crippen molar-refractivity contribution in [1.29, 1.82) is 0 Å². The van der Waals surface area contributed by atoms with Gasteiger partial charge in [-0.05, 0) is 12.8 Å². The molecule has 0 saturated carbocycles. The van der Waals surface area contributed by atoms with Crippen LogP contribution in [0.2, 0.25) is 0 Å². The lowest BCUT2D eigenvalue weighted by molar-refractivity contribution is -0.137. The first-order chi connectivity index (χ1) is 9.94. The minimum atomic E-state index is -4.41. The van der Waals surface area contributed by atoms with Crippen molar-refractivity contribution >= 4 is 17.5 Å². The second-order valence-corrected chi connectivity index (χ2v) is 4.70. The fraction of sp³-hybridized carbons (Fsp3) is 0.583. The van der Waals surface area contributed by atoms with Crippen LogP contribution in [0.1, 0.15) is 12.8 Å². The highest BCUT2D eigenvalue weighted by atomic mass is 19.4. The minimum absolute atomic E-state index is 0.271. The Labute approximate surface area is 119 Å². The molecule has 1 aliphatic rings. The Morgan fingerprint density at radius 3 is 2.67 bits per heavy atom. The lowest BCUT2D eigenvalue weighted by Crippen LogP contribution is -2.37. The van der Waals surface area contributed by atoms with Crippen LogP contribution < -0.4 is 15.5 Å². The zero-order valence-electron chi connectivity index (χ0n) is 11.3. The molecule has 1 aliphatic heterocycles. The fourth-order valence-corrected chi connectivity index (χ4v) is 2.00. The van der Waals surface area contributed by atoms with Gasteiger partial charge in [0.1, 0.15) is 24.5 Å². The quantitative estimate of drug-likeness (QED) is 0.854. The number of carbonyl (C=O) groups excluding carboxylic acids is 1. The van der Waals surface area contributed by atoms with Crippen LogP contribution in [0.4, 0.5) is 24.8 Å². The Morgan fingerprint density at radius 1 is 1.29 bits per heavy atom. The van der Waals surface area contributed by atoms with Crippen molar-refractivity contribution < 1.29 is 18.0 Å². The third-order valence-electron chi connectivity index (χ3n) is 3.00. The maximum atomic E-state index is 11.9. The minimum Gasteiger partial charge on any atom is -0.361 e.